The number of hydrogen-bond acceptors (Lipinski definition) is 7. The van der Waals surface area contributed by atoms with E-state index in [0.717, 1.165) is 0 Å². The molecule has 11 heteroatoms. The van der Waals surface area contributed by atoms with Gasteiger partial charge >= 0.3 is 5.97 Å². The third kappa shape index (κ3) is 7.67. The van der Waals surface area contributed by atoms with Crippen molar-refractivity contribution in [2.24, 2.45) is 5.10 Å². The third-order valence-corrected chi connectivity index (χ3v) is 6.23. The largest absolute Gasteiger partial charge is 0.488 e. The highest BCUT2D eigenvalue weighted by Crippen LogP contribution is 2.33. The third-order valence-electron chi connectivity index (χ3n) is 6.01. The molecule has 1 aliphatic rings. The van der Waals surface area contributed by atoms with Gasteiger partial charge in [-0.3, -0.25) is 4.79 Å². The second-order valence-electron chi connectivity index (χ2n) is 8.83. The predicted molar refractivity (Wildman–Crippen MR) is 156 cm³/mol. The number of carbonyl (C=O) groups excluding carboxylic acids is 2. The number of ether oxygens (including phenoxy) is 3. The summed E-state index contributed by atoms with van der Waals surface area (Å²) in [6.07, 6.45) is 1.43. The molecule has 1 atom stereocenters. The topological polar surface area (TPSA) is 110 Å². The minimum atomic E-state index is -0.638. The van der Waals surface area contributed by atoms with E-state index in [1.807, 2.05) is 0 Å². The molecule has 1 amide bonds. The normalized spacial score (nSPS) is 14.7. The van der Waals surface area contributed by atoms with E-state index in [1.165, 1.54) is 12.3 Å². The number of para-hydroxylation sites is 2. The number of esters is 1. The molecule has 9 nitrogen and oxygen atoms in total. The van der Waals surface area contributed by atoms with Crippen LogP contribution in [0.25, 0.3) is 0 Å². The van der Waals surface area contributed by atoms with Gasteiger partial charge in [-0.1, -0.05) is 48.5 Å². The molecule has 1 aliphatic heterocycles. The smallest absolute Gasteiger partial charge is 0.338 e. The lowest BCUT2D eigenvalue weighted by atomic mass is 9.95. The van der Waals surface area contributed by atoms with Crippen molar-refractivity contribution in [3.63, 3.8) is 0 Å². The Morgan fingerprint density at radius 2 is 1.73 bits per heavy atom. The van der Waals surface area contributed by atoms with Crippen molar-refractivity contribution < 1.29 is 28.2 Å². The van der Waals surface area contributed by atoms with E-state index in [1.54, 1.807) is 80.6 Å². The molecule has 0 aliphatic carbocycles. The molecule has 0 saturated carbocycles. The molecule has 0 fully saturated rings. The van der Waals surface area contributed by atoms with E-state index in [2.05, 4.69) is 21.2 Å². The van der Waals surface area contributed by atoms with Crippen molar-refractivity contribution in [1.29, 1.82) is 0 Å². The summed E-state index contributed by atoms with van der Waals surface area (Å²) in [5.41, 5.74) is 4.98. The van der Waals surface area contributed by atoms with Gasteiger partial charge in [-0.15, -0.1) is 0 Å². The van der Waals surface area contributed by atoms with Crippen LogP contribution in [0.2, 0.25) is 0 Å². The molecule has 1 heterocycles. The first-order chi connectivity index (χ1) is 19.9. The van der Waals surface area contributed by atoms with Crippen LogP contribution in [-0.4, -0.2) is 36.4 Å². The van der Waals surface area contributed by atoms with E-state index in [-0.39, 0.29) is 25.6 Å². The standard InChI is InChI=1S/C30H29FN4O5S/c1-3-38-29(37)27-19(2)33-30(41)34-28(27)22-12-6-9-15-25(22)40-18-26(36)35-32-16-20-10-5-8-14-24(20)39-17-21-11-4-7-13-23(21)31/h4-16,28H,3,17-18H2,1-2H3,(H,35,36)(H2,33,34,41)/t28-/m1/s1. The number of halogens is 1. The molecular weight excluding hydrogens is 547 g/mol. The van der Waals surface area contributed by atoms with Gasteiger partial charge in [-0.05, 0) is 50.3 Å². The van der Waals surface area contributed by atoms with Gasteiger partial charge in [0.2, 0.25) is 0 Å². The maximum atomic E-state index is 13.9. The maximum Gasteiger partial charge on any atom is 0.338 e. The number of hydrogen-bond donors (Lipinski definition) is 3. The quantitative estimate of drug-likeness (QED) is 0.134. The fourth-order valence-electron chi connectivity index (χ4n) is 4.10. The Morgan fingerprint density at radius 1 is 1.02 bits per heavy atom. The first-order valence-electron chi connectivity index (χ1n) is 12.8. The Hall–Kier alpha value is -4.77. The molecule has 0 radical (unpaired) electrons. The van der Waals surface area contributed by atoms with E-state index in [0.29, 0.717) is 44.6 Å². The summed E-state index contributed by atoms with van der Waals surface area (Å²) in [5.74, 6) is -0.485. The lowest BCUT2D eigenvalue weighted by molar-refractivity contribution is -0.139. The molecule has 0 spiro atoms. The van der Waals surface area contributed by atoms with Gasteiger partial charge in [0, 0.05) is 22.4 Å². The number of thiocarbonyl (C=S) groups is 1. The monoisotopic (exact) mass is 576 g/mol. The molecule has 0 aromatic heterocycles. The van der Waals surface area contributed by atoms with Crippen molar-refractivity contribution in [2.45, 2.75) is 26.5 Å². The van der Waals surface area contributed by atoms with E-state index in [4.69, 9.17) is 26.4 Å². The lowest BCUT2D eigenvalue weighted by Crippen LogP contribution is -2.45. The predicted octanol–water partition coefficient (Wildman–Crippen LogP) is 4.29. The number of rotatable bonds is 11. The molecule has 0 saturated heterocycles. The second-order valence-corrected chi connectivity index (χ2v) is 9.24. The van der Waals surface area contributed by atoms with Crippen molar-refractivity contribution in [3.8, 4) is 11.5 Å². The van der Waals surface area contributed by atoms with Gasteiger partial charge < -0.3 is 24.8 Å². The van der Waals surface area contributed by atoms with Crippen molar-refractivity contribution in [2.75, 3.05) is 13.2 Å². The first-order valence-corrected chi connectivity index (χ1v) is 13.2. The van der Waals surface area contributed by atoms with Crippen LogP contribution in [0, 0.1) is 5.82 Å². The van der Waals surface area contributed by atoms with Crippen LogP contribution in [0.15, 0.2) is 89.2 Å². The number of carbonyl (C=O) groups is 2. The summed E-state index contributed by atoms with van der Waals surface area (Å²) in [7, 11) is 0. The number of allylic oxidation sites excluding steroid dienone is 1. The summed E-state index contributed by atoms with van der Waals surface area (Å²) in [6, 6.07) is 19.8. The molecule has 3 aromatic carbocycles. The van der Waals surface area contributed by atoms with Crippen LogP contribution in [0.5, 0.6) is 11.5 Å². The number of hydrazone groups is 1. The number of amides is 1. The van der Waals surface area contributed by atoms with Gasteiger partial charge in [-0.2, -0.15) is 5.10 Å². The van der Waals surface area contributed by atoms with Gasteiger partial charge in [0.05, 0.1) is 24.4 Å². The molecular formula is C30H29FN4O5S. The van der Waals surface area contributed by atoms with Gasteiger partial charge in [0.1, 0.15) is 23.9 Å². The second kappa shape index (κ2) is 14.0. The zero-order valence-corrected chi connectivity index (χ0v) is 23.3. The lowest BCUT2D eigenvalue weighted by Gasteiger charge is -2.30. The summed E-state index contributed by atoms with van der Waals surface area (Å²) in [4.78, 5) is 25.3. The number of nitrogens with zero attached hydrogens (tertiary/aromatic N) is 1. The highest BCUT2D eigenvalue weighted by atomic mass is 32.1. The highest BCUT2D eigenvalue weighted by Gasteiger charge is 2.32. The van der Waals surface area contributed by atoms with E-state index >= 15 is 0 Å². The Balaban J connectivity index is 1.39. The van der Waals surface area contributed by atoms with Gasteiger partial charge in [0.25, 0.3) is 5.91 Å². The van der Waals surface area contributed by atoms with Crippen LogP contribution in [0.4, 0.5) is 4.39 Å². The van der Waals surface area contributed by atoms with Gasteiger partial charge in [0.15, 0.2) is 11.7 Å². The Bertz CT molecular complexity index is 1490. The van der Waals surface area contributed by atoms with E-state index < -0.39 is 17.9 Å². The summed E-state index contributed by atoms with van der Waals surface area (Å²) < 4.78 is 30.8. The highest BCUT2D eigenvalue weighted by molar-refractivity contribution is 7.80. The minimum Gasteiger partial charge on any atom is -0.488 e. The minimum absolute atomic E-state index is 0.0420. The molecule has 0 unspecified atom stereocenters. The Kier molecular flexibility index (Phi) is 10.0. The summed E-state index contributed by atoms with van der Waals surface area (Å²) in [5, 5.41) is 10.4. The fraction of sp³-hybridized carbons (Fsp3) is 0.200. The first kappa shape index (κ1) is 29.2. The van der Waals surface area contributed by atoms with Crippen molar-refractivity contribution in [1.82, 2.24) is 16.1 Å². The Labute approximate surface area is 242 Å². The maximum absolute atomic E-state index is 13.9. The van der Waals surface area contributed by atoms with Crippen LogP contribution in [-0.2, 0) is 20.9 Å². The van der Waals surface area contributed by atoms with Gasteiger partial charge in [-0.25, -0.2) is 14.6 Å². The molecule has 41 heavy (non-hydrogen) atoms. The van der Waals surface area contributed by atoms with Crippen LogP contribution < -0.4 is 25.5 Å². The zero-order chi connectivity index (χ0) is 29.2. The zero-order valence-electron chi connectivity index (χ0n) is 22.5. The fourth-order valence-corrected chi connectivity index (χ4v) is 4.37. The van der Waals surface area contributed by atoms with Crippen molar-refractivity contribution in [3.05, 3.63) is 107 Å². The molecule has 212 valence electrons. The molecule has 3 aromatic rings. The van der Waals surface area contributed by atoms with Crippen LogP contribution in [0.3, 0.4) is 0 Å². The van der Waals surface area contributed by atoms with Crippen molar-refractivity contribution >= 4 is 35.4 Å². The number of benzene rings is 3. The molecule has 4 rings (SSSR count). The summed E-state index contributed by atoms with van der Waals surface area (Å²) in [6.45, 7) is 3.39. The average Bonchev–Trinajstić information content (AvgIpc) is 2.96. The van der Waals surface area contributed by atoms with E-state index in [9.17, 15) is 14.0 Å². The number of nitrogens with one attached hydrogen (secondary N) is 3. The summed E-state index contributed by atoms with van der Waals surface area (Å²) >= 11 is 5.30. The van der Waals surface area contributed by atoms with Crippen LogP contribution >= 0.6 is 12.2 Å². The SMILES string of the molecule is CCOC(=O)C1=C(C)NC(=S)N[C@@H]1c1ccccc1OCC(=O)NN=Cc1ccccc1OCc1ccccc1F. The van der Waals surface area contributed by atoms with Crippen LogP contribution in [0.1, 0.15) is 36.6 Å². The molecule has 3 N–H and O–H groups in total. The molecule has 0 bridgehead atoms. The average molecular weight is 577 g/mol. The Morgan fingerprint density at radius 3 is 2.51 bits per heavy atom.